The van der Waals surface area contributed by atoms with Crippen LogP contribution in [0.25, 0.3) is 0 Å². The lowest BCUT2D eigenvalue weighted by Gasteiger charge is -2.14. The van der Waals surface area contributed by atoms with Gasteiger partial charge in [0.2, 0.25) is 10.0 Å². The number of halogens is 1. The van der Waals surface area contributed by atoms with Crippen molar-refractivity contribution in [1.82, 2.24) is 10.0 Å². The molecule has 150 valence electrons. The summed E-state index contributed by atoms with van der Waals surface area (Å²) in [4.78, 5) is 12.4. The SMILES string of the molecule is C[C@H](NC(=O)c1ccc(CNS(=O)(=O)c2ccc(F)cc2)cc1)c1ccccc1. The Morgan fingerprint density at radius 3 is 2.17 bits per heavy atom. The average Bonchev–Trinajstić information content (AvgIpc) is 2.73. The fraction of sp³-hybridized carbons (Fsp3) is 0.136. The third kappa shape index (κ3) is 5.49. The van der Waals surface area contributed by atoms with E-state index in [-0.39, 0.29) is 23.4 Å². The zero-order valence-corrected chi connectivity index (χ0v) is 16.6. The van der Waals surface area contributed by atoms with Crippen molar-refractivity contribution in [3.05, 3.63) is 101 Å². The minimum Gasteiger partial charge on any atom is -0.346 e. The van der Waals surface area contributed by atoms with Gasteiger partial charge in [0.15, 0.2) is 0 Å². The van der Waals surface area contributed by atoms with Gasteiger partial charge in [0.05, 0.1) is 10.9 Å². The molecule has 3 aromatic rings. The average molecular weight is 412 g/mol. The van der Waals surface area contributed by atoms with Gasteiger partial charge in [0, 0.05) is 12.1 Å². The van der Waals surface area contributed by atoms with Crippen LogP contribution >= 0.6 is 0 Å². The summed E-state index contributed by atoms with van der Waals surface area (Å²) in [5, 5.41) is 2.93. The molecule has 3 aromatic carbocycles. The van der Waals surface area contributed by atoms with Crippen molar-refractivity contribution in [2.75, 3.05) is 0 Å². The van der Waals surface area contributed by atoms with E-state index in [1.165, 1.54) is 12.1 Å². The Hall–Kier alpha value is -3.03. The molecule has 0 aromatic heterocycles. The second kappa shape index (κ2) is 8.98. The fourth-order valence-electron chi connectivity index (χ4n) is 2.75. The lowest BCUT2D eigenvalue weighted by Crippen LogP contribution is -2.26. The summed E-state index contributed by atoms with van der Waals surface area (Å²) >= 11 is 0. The Morgan fingerprint density at radius 1 is 0.931 bits per heavy atom. The van der Waals surface area contributed by atoms with E-state index in [1.807, 2.05) is 37.3 Å². The van der Waals surface area contributed by atoms with Crippen LogP contribution in [0.4, 0.5) is 4.39 Å². The molecule has 0 saturated carbocycles. The molecular formula is C22H21FN2O3S. The van der Waals surface area contributed by atoms with Gasteiger partial charge in [0.25, 0.3) is 5.91 Å². The molecule has 29 heavy (non-hydrogen) atoms. The molecule has 0 saturated heterocycles. The molecule has 1 amide bonds. The highest BCUT2D eigenvalue weighted by molar-refractivity contribution is 7.89. The molecule has 0 heterocycles. The predicted molar refractivity (Wildman–Crippen MR) is 109 cm³/mol. The Balaban J connectivity index is 1.59. The predicted octanol–water partition coefficient (Wildman–Crippen LogP) is 3.80. The second-order valence-electron chi connectivity index (χ2n) is 6.58. The summed E-state index contributed by atoms with van der Waals surface area (Å²) in [6, 6.07) is 20.8. The van der Waals surface area contributed by atoms with Gasteiger partial charge >= 0.3 is 0 Å². The number of carbonyl (C=O) groups is 1. The Labute approximate surface area is 169 Å². The number of amides is 1. The van der Waals surface area contributed by atoms with Crippen LogP contribution in [-0.2, 0) is 16.6 Å². The molecule has 1 atom stereocenters. The van der Waals surface area contributed by atoms with E-state index >= 15 is 0 Å². The van der Waals surface area contributed by atoms with E-state index in [2.05, 4.69) is 10.0 Å². The number of nitrogens with one attached hydrogen (secondary N) is 2. The zero-order valence-electron chi connectivity index (χ0n) is 15.8. The maximum atomic E-state index is 13.0. The summed E-state index contributed by atoms with van der Waals surface area (Å²) in [6.45, 7) is 1.97. The maximum absolute atomic E-state index is 13.0. The van der Waals surface area contributed by atoms with Crippen molar-refractivity contribution in [2.24, 2.45) is 0 Å². The first kappa shape index (κ1) is 20.7. The van der Waals surface area contributed by atoms with Gasteiger partial charge in [-0.15, -0.1) is 0 Å². The van der Waals surface area contributed by atoms with Crippen molar-refractivity contribution < 1.29 is 17.6 Å². The molecule has 2 N–H and O–H groups in total. The standard InChI is InChI=1S/C22H21FN2O3S/c1-16(18-5-3-2-4-6-18)25-22(26)19-9-7-17(8-10-19)15-24-29(27,28)21-13-11-20(23)12-14-21/h2-14,16,24H,15H2,1H3,(H,25,26)/t16-/m0/s1. The number of rotatable bonds is 7. The van der Waals surface area contributed by atoms with Gasteiger partial charge in [0.1, 0.15) is 5.82 Å². The first-order chi connectivity index (χ1) is 13.8. The molecule has 0 aliphatic carbocycles. The molecule has 0 aliphatic rings. The molecule has 0 fully saturated rings. The molecule has 0 aliphatic heterocycles. The highest BCUT2D eigenvalue weighted by atomic mass is 32.2. The third-order valence-electron chi connectivity index (χ3n) is 4.45. The van der Waals surface area contributed by atoms with Crippen LogP contribution in [0.15, 0.2) is 83.8 Å². The van der Waals surface area contributed by atoms with E-state index in [1.54, 1.807) is 24.3 Å². The fourth-order valence-corrected chi connectivity index (χ4v) is 3.77. The lowest BCUT2D eigenvalue weighted by molar-refractivity contribution is 0.0940. The number of carbonyl (C=O) groups excluding carboxylic acids is 1. The van der Waals surface area contributed by atoms with E-state index in [0.717, 1.165) is 17.7 Å². The van der Waals surface area contributed by atoms with Crippen LogP contribution in [-0.4, -0.2) is 14.3 Å². The van der Waals surface area contributed by atoms with Crippen LogP contribution in [0.2, 0.25) is 0 Å². The van der Waals surface area contributed by atoms with E-state index in [4.69, 9.17) is 0 Å². The maximum Gasteiger partial charge on any atom is 0.251 e. The molecular weight excluding hydrogens is 391 g/mol. The highest BCUT2D eigenvalue weighted by Crippen LogP contribution is 2.14. The van der Waals surface area contributed by atoms with Crippen molar-refractivity contribution >= 4 is 15.9 Å². The van der Waals surface area contributed by atoms with E-state index < -0.39 is 15.8 Å². The first-order valence-corrected chi connectivity index (χ1v) is 10.5. The van der Waals surface area contributed by atoms with Crippen LogP contribution in [0.3, 0.4) is 0 Å². The van der Waals surface area contributed by atoms with Gasteiger partial charge in [-0.3, -0.25) is 4.79 Å². The highest BCUT2D eigenvalue weighted by Gasteiger charge is 2.14. The molecule has 5 nitrogen and oxygen atoms in total. The topological polar surface area (TPSA) is 75.3 Å². The number of sulfonamides is 1. The van der Waals surface area contributed by atoms with Crippen LogP contribution in [0.1, 0.15) is 34.5 Å². The van der Waals surface area contributed by atoms with Gasteiger partial charge in [-0.2, -0.15) is 0 Å². The molecule has 7 heteroatoms. The van der Waals surface area contributed by atoms with Gasteiger partial charge in [-0.05, 0) is 54.4 Å². The minimum atomic E-state index is -3.74. The van der Waals surface area contributed by atoms with Crippen molar-refractivity contribution in [3.8, 4) is 0 Å². The molecule has 0 bridgehead atoms. The number of hydrogen-bond acceptors (Lipinski definition) is 3. The molecule has 0 unspecified atom stereocenters. The van der Waals surface area contributed by atoms with Crippen LogP contribution in [0.5, 0.6) is 0 Å². The monoisotopic (exact) mass is 412 g/mol. The van der Waals surface area contributed by atoms with Gasteiger partial charge in [-0.25, -0.2) is 17.5 Å². The normalized spacial score (nSPS) is 12.3. The smallest absolute Gasteiger partial charge is 0.251 e. The summed E-state index contributed by atoms with van der Waals surface area (Å²) in [5.41, 5.74) is 2.19. The summed E-state index contributed by atoms with van der Waals surface area (Å²) in [5.74, 6) is -0.709. The first-order valence-electron chi connectivity index (χ1n) is 9.05. The van der Waals surface area contributed by atoms with Crippen molar-refractivity contribution in [3.63, 3.8) is 0 Å². The summed E-state index contributed by atoms with van der Waals surface area (Å²) in [7, 11) is -3.74. The van der Waals surface area contributed by atoms with Crippen LogP contribution < -0.4 is 10.0 Å². The Kier molecular flexibility index (Phi) is 6.41. The Morgan fingerprint density at radius 2 is 1.55 bits per heavy atom. The molecule has 0 radical (unpaired) electrons. The van der Waals surface area contributed by atoms with Crippen molar-refractivity contribution in [2.45, 2.75) is 24.4 Å². The second-order valence-corrected chi connectivity index (χ2v) is 8.35. The third-order valence-corrected chi connectivity index (χ3v) is 5.87. The minimum absolute atomic E-state index is 0.00945. The van der Waals surface area contributed by atoms with Crippen LogP contribution in [0, 0.1) is 5.82 Å². The van der Waals surface area contributed by atoms with Gasteiger partial charge in [-0.1, -0.05) is 42.5 Å². The Bertz CT molecular complexity index is 1070. The number of benzene rings is 3. The quantitative estimate of drug-likeness (QED) is 0.620. The molecule has 3 rings (SSSR count). The summed E-state index contributed by atoms with van der Waals surface area (Å²) in [6.07, 6.45) is 0. The van der Waals surface area contributed by atoms with Gasteiger partial charge < -0.3 is 5.32 Å². The number of hydrogen-bond donors (Lipinski definition) is 2. The van der Waals surface area contributed by atoms with Crippen molar-refractivity contribution in [1.29, 1.82) is 0 Å². The largest absolute Gasteiger partial charge is 0.346 e. The molecule has 0 spiro atoms. The van der Waals surface area contributed by atoms with E-state index in [9.17, 15) is 17.6 Å². The zero-order chi connectivity index (χ0) is 20.9. The van der Waals surface area contributed by atoms with E-state index in [0.29, 0.717) is 11.1 Å². The lowest BCUT2D eigenvalue weighted by atomic mass is 10.1. The summed E-state index contributed by atoms with van der Waals surface area (Å²) < 4.78 is 39.9.